The van der Waals surface area contributed by atoms with E-state index in [1.807, 2.05) is 0 Å². The highest BCUT2D eigenvalue weighted by Crippen LogP contribution is 2.28. The number of amides is 2. The molecule has 102 valence electrons. The van der Waals surface area contributed by atoms with E-state index < -0.39 is 29.4 Å². The van der Waals surface area contributed by atoms with Crippen LogP contribution in [0.5, 0.6) is 0 Å². The van der Waals surface area contributed by atoms with Crippen molar-refractivity contribution in [3.63, 3.8) is 0 Å². The Morgan fingerprint density at radius 3 is 2.50 bits per heavy atom. The normalized spacial score (nSPS) is 25.6. The van der Waals surface area contributed by atoms with Crippen molar-refractivity contribution < 1.29 is 19.5 Å². The van der Waals surface area contributed by atoms with E-state index in [2.05, 4.69) is 0 Å². The highest BCUT2D eigenvalue weighted by molar-refractivity contribution is 5.92. The van der Waals surface area contributed by atoms with Crippen LogP contribution in [0.15, 0.2) is 0 Å². The van der Waals surface area contributed by atoms with Gasteiger partial charge in [0.15, 0.2) is 0 Å². The molecule has 5 N–H and O–H groups in total. The van der Waals surface area contributed by atoms with Gasteiger partial charge in [-0.2, -0.15) is 0 Å². The van der Waals surface area contributed by atoms with Gasteiger partial charge in [0.25, 0.3) is 0 Å². The largest absolute Gasteiger partial charge is 0.480 e. The fourth-order valence-electron chi connectivity index (χ4n) is 2.20. The van der Waals surface area contributed by atoms with Crippen molar-refractivity contribution in [3.05, 3.63) is 0 Å². The van der Waals surface area contributed by atoms with Gasteiger partial charge >= 0.3 is 5.97 Å². The zero-order valence-electron chi connectivity index (χ0n) is 10.4. The second-order valence-electron chi connectivity index (χ2n) is 4.80. The molecule has 1 fully saturated rings. The van der Waals surface area contributed by atoms with Crippen molar-refractivity contribution in [2.45, 2.75) is 44.2 Å². The molecular formula is C11H19N3O4. The minimum absolute atomic E-state index is 0.273. The Labute approximate surface area is 105 Å². The summed E-state index contributed by atoms with van der Waals surface area (Å²) < 4.78 is 0. The van der Waals surface area contributed by atoms with Crippen LogP contribution in [0.4, 0.5) is 0 Å². The third kappa shape index (κ3) is 2.79. The van der Waals surface area contributed by atoms with E-state index in [0.717, 1.165) is 12.8 Å². The molecule has 1 aliphatic rings. The van der Waals surface area contributed by atoms with Crippen LogP contribution in [-0.4, -0.2) is 45.9 Å². The molecular weight excluding hydrogens is 238 g/mol. The van der Waals surface area contributed by atoms with Crippen LogP contribution in [0, 0.1) is 0 Å². The van der Waals surface area contributed by atoms with Crippen molar-refractivity contribution in [2.24, 2.45) is 11.5 Å². The van der Waals surface area contributed by atoms with Crippen molar-refractivity contribution in [2.75, 3.05) is 6.54 Å². The maximum absolute atomic E-state index is 12.1. The maximum Gasteiger partial charge on any atom is 0.329 e. The van der Waals surface area contributed by atoms with Gasteiger partial charge in [0, 0.05) is 6.54 Å². The Balaban J connectivity index is 2.87. The average Bonchev–Trinajstić information content (AvgIpc) is 2.27. The molecule has 2 amide bonds. The number of nitrogens with zero attached hydrogens (tertiary/aromatic N) is 1. The zero-order chi connectivity index (χ0) is 13.9. The van der Waals surface area contributed by atoms with Crippen molar-refractivity contribution in [1.82, 2.24) is 4.90 Å². The molecule has 0 aliphatic carbocycles. The van der Waals surface area contributed by atoms with Gasteiger partial charge in [-0.3, -0.25) is 9.59 Å². The molecule has 7 heteroatoms. The molecule has 2 unspecified atom stereocenters. The Hall–Kier alpha value is -1.63. The molecule has 18 heavy (non-hydrogen) atoms. The first kappa shape index (κ1) is 14.4. The molecule has 1 heterocycles. The van der Waals surface area contributed by atoms with E-state index in [9.17, 15) is 19.5 Å². The molecule has 1 aliphatic heterocycles. The fraction of sp³-hybridized carbons (Fsp3) is 0.727. The third-order valence-electron chi connectivity index (χ3n) is 3.36. The zero-order valence-corrected chi connectivity index (χ0v) is 10.4. The third-order valence-corrected chi connectivity index (χ3v) is 3.36. The van der Waals surface area contributed by atoms with Crippen molar-refractivity contribution >= 4 is 17.8 Å². The Bertz CT molecular complexity index is 371. The quantitative estimate of drug-likeness (QED) is 0.598. The molecule has 0 radical (unpaired) electrons. The van der Waals surface area contributed by atoms with Crippen molar-refractivity contribution in [3.8, 4) is 0 Å². The second kappa shape index (κ2) is 5.34. The van der Waals surface area contributed by atoms with E-state index in [1.54, 1.807) is 0 Å². The first-order valence-electron chi connectivity index (χ1n) is 5.88. The highest BCUT2D eigenvalue weighted by atomic mass is 16.4. The van der Waals surface area contributed by atoms with Crippen LogP contribution in [0.1, 0.15) is 32.6 Å². The number of primary amides is 1. The number of rotatable bonds is 4. The van der Waals surface area contributed by atoms with Gasteiger partial charge in [-0.05, 0) is 26.2 Å². The number of likely N-dealkylation sites (tertiary alicyclic amines) is 1. The fourth-order valence-corrected chi connectivity index (χ4v) is 2.20. The lowest BCUT2D eigenvalue weighted by molar-refractivity contribution is -0.161. The number of hydrogen-bond donors (Lipinski definition) is 3. The minimum atomic E-state index is -1.25. The lowest BCUT2D eigenvalue weighted by atomic mass is 9.87. The molecule has 0 bridgehead atoms. The van der Waals surface area contributed by atoms with Gasteiger partial charge < -0.3 is 21.5 Å². The predicted molar refractivity (Wildman–Crippen MR) is 63.4 cm³/mol. The summed E-state index contributed by atoms with van der Waals surface area (Å²) in [6, 6.07) is -1.07. The van der Waals surface area contributed by atoms with E-state index in [1.165, 1.54) is 11.8 Å². The number of carboxylic acids is 1. The van der Waals surface area contributed by atoms with Gasteiger partial charge in [-0.15, -0.1) is 0 Å². The first-order valence-corrected chi connectivity index (χ1v) is 5.88. The van der Waals surface area contributed by atoms with Crippen LogP contribution in [0.3, 0.4) is 0 Å². The lowest BCUT2D eigenvalue weighted by Crippen LogP contribution is -2.61. The molecule has 7 nitrogen and oxygen atoms in total. The summed E-state index contributed by atoms with van der Waals surface area (Å²) in [5, 5.41) is 9.25. The van der Waals surface area contributed by atoms with Crippen LogP contribution < -0.4 is 11.5 Å². The summed E-state index contributed by atoms with van der Waals surface area (Å²) in [5.41, 5.74) is 9.32. The molecule has 1 rings (SSSR count). The van der Waals surface area contributed by atoms with Crippen LogP contribution in [-0.2, 0) is 14.4 Å². The van der Waals surface area contributed by atoms with E-state index in [4.69, 9.17) is 11.5 Å². The summed E-state index contributed by atoms with van der Waals surface area (Å²) in [7, 11) is 0. The standard InChI is InChI=1S/C11H19N3O4/c1-11(10(17)18)4-2-3-5-14(11)9(16)7(12)6-8(13)15/h7H,2-6,12H2,1H3,(H2,13,15)(H,17,18). The average molecular weight is 257 g/mol. The van der Waals surface area contributed by atoms with Gasteiger partial charge in [0.05, 0.1) is 12.5 Å². The number of carbonyl (C=O) groups excluding carboxylic acids is 2. The summed E-state index contributed by atoms with van der Waals surface area (Å²) in [6.07, 6.45) is 1.60. The summed E-state index contributed by atoms with van der Waals surface area (Å²) in [6.45, 7) is 1.84. The lowest BCUT2D eigenvalue weighted by Gasteiger charge is -2.42. The SMILES string of the molecule is CC1(C(=O)O)CCCCN1C(=O)C(N)CC(N)=O. The minimum Gasteiger partial charge on any atom is -0.480 e. The van der Waals surface area contributed by atoms with Crippen molar-refractivity contribution in [1.29, 1.82) is 0 Å². The second-order valence-corrected chi connectivity index (χ2v) is 4.80. The Morgan fingerprint density at radius 1 is 1.39 bits per heavy atom. The van der Waals surface area contributed by atoms with E-state index >= 15 is 0 Å². The topological polar surface area (TPSA) is 127 Å². The number of nitrogens with two attached hydrogens (primary N) is 2. The molecule has 0 saturated carbocycles. The number of carboxylic acid groups (broad SMARTS) is 1. The molecule has 1 saturated heterocycles. The smallest absolute Gasteiger partial charge is 0.329 e. The predicted octanol–water partition coefficient (Wildman–Crippen LogP) is -0.955. The summed E-state index contributed by atoms with van der Waals surface area (Å²) in [4.78, 5) is 35.4. The monoisotopic (exact) mass is 257 g/mol. The van der Waals surface area contributed by atoms with Gasteiger partial charge in [0.2, 0.25) is 11.8 Å². The molecule has 0 aromatic heterocycles. The van der Waals surface area contributed by atoms with Gasteiger partial charge in [-0.1, -0.05) is 0 Å². The molecule has 0 aromatic carbocycles. The Morgan fingerprint density at radius 2 is 2.00 bits per heavy atom. The van der Waals surface area contributed by atoms with Gasteiger partial charge in [0.1, 0.15) is 5.54 Å². The summed E-state index contributed by atoms with van der Waals surface area (Å²) in [5.74, 6) is -2.26. The molecule has 2 atom stereocenters. The number of piperidine rings is 1. The van der Waals surface area contributed by atoms with Crippen LogP contribution in [0.2, 0.25) is 0 Å². The van der Waals surface area contributed by atoms with Crippen LogP contribution >= 0.6 is 0 Å². The van der Waals surface area contributed by atoms with E-state index in [0.29, 0.717) is 13.0 Å². The first-order chi connectivity index (χ1) is 8.29. The highest BCUT2D eigenvalue weighted by Gasteiger charge is 2.45. The Kier molecular flexibility index (Phi) is 4.28. The van der Waals surface area contributed by atoms with Crippen LogP contribution in [0.25, 0.3) is 0 Å². The maximum atomic E-state index is 12.1. The number of carbonyl (C=O) groups is 3. The molecule has 0 aromatic rings. The number of aliphatic carboxylic acids is 1. The van der Waals surface area contributed by atoms with Gasteiger partial charge in [-0.25, -0.2) is 4.79 Å². The summed E-state index contributed by atoms with van der Waals surface area (Å²) >= 11 is 0. The number of hydrogen-bond acceptors (Lipinski definition) is 4. The molecule has 0 spiro atoms. The van der Waals surface area contributed by atoms with E-state index in [-0.39, 0.29) is 6.42 Å².